The van der Waals surface area contributed by atoms with Gasteiger partial charge >= 0.3 is 0 Å². The molecule has 0 saturated carbocycles. The van der Waals surface area contributed by atoms with Crippen molar-refractivity contribution in [2.45, 2.75) is 30.6 Å². The van der Waals surface area contributed by atoms with E-state index in [0.717, 1.165) is 26.9 Å². The number of anilines is 1. The quantitative estimate of drug-likeness (QED) is 0.938. The van der Waals surface area contributed by atoms with E-state index in [4.69, 9.17) is 0 Å². The van der Waals surface area contributed by atoms with Crippen molar-refractivity contribution >= 4 is 23.4 Å². The number of nitriles is 1. The molecule has 1 amide bonds. The summed E-state index contributed by atoms with van der Waals surface area (Å²) in [7, 11) is 0. The summed E-state index contributed by atoms with van der Waals surface area (Å²) in [6.07, 6.45) is 0. The summed E-state index contributed by atoms with van der Waals surface area (Å²) in [4.78, 5) is 17.2. The van der Waals surface area contributed by atoms with Crippen LogP contribution in [0.3, 0.4) is 0 Å². The van der Waals surface area contributed by atoms with Crippen LogP contribution in [0.2, 0.25) is 0 Å². The maximum atomic E-state index is 11.0. The lowest BCUT2D eigenvalue weighted by Gasteiger charge is -2.08. The summed E-state index contributed by atoms with van der Waals surface area (Å²) in [6.45, 7) is 5.23. The molecule has 0 atom stereocenters. The number of benzene rings is 1. The highest BCUT2D eigenvalue weighted by atomic mass is 32.2. The molecular formula is C16H15N3OS. The van der Waals surface area contributed by atoms with Crippen LogP contribution in [0, 0.1) is 25.2 Å². The van der Waals surface area contributed by atoms with Gasteiger partial charge in [0.25, 0.3) is 0 Å². The van der Waals surface area contributed by atoms with Gasteiger partial charge in [0, 0.05) is 28.1 Å². The second-order valence-corrected chi connectivity index (χ2v) is 5.76. The Morgan fingerprint density at radius 1 is 1.29 bits per heavy atom. The largest absolute Gasteiger partial charge is 0.326 e. The standard InChI is InChI=1S/C16H15N3OS/c1-10-8-16(15(9-17)11(2)18-10)21-14-6-4-13(5-7-14)19-12(3)20/h4-8H,1-3H3,(H,19,20). The van der Waals surface area contributed by atoms with Gasteiger partial charge in [0.05, 0.1) is 11.3 Å². The second-order valence-electron chi connectivity index (χ2n) is 4.64. The summed E-state index contributed by atoms with van der Waals surface area (Å²) >= 11 is 1.52. The summed E-state index contributed by atoms with van der Waals surface area (Å²) in [5, 5.41) is 12.0. The van der Waals surface area contributed by atoms with Gasteiger partial charge < -0.3 is 5.32 Å². The number of pyridine rings is 1. The first-order valence-electron chi connectivity index (χ1n) is 6.43. The number of hydrogen-bond donors (Lipinski definition) is 1. The number of carbonyl (C=O) groups is 1. The molecule has 0 bridgehead atoms. The molecule has 2 rings (SSSR count). The Hall–Kier alpha value is -2.32. The Bertz CT molecular complexity index is 718. The molecule has 4 nitrogen and oxygen atoms in total. The minimum atomic E-state index is -0.0949. The molecule has 0 radical (unpaired) electrons. The molecule has 0 spiro atoms. The van der Waals surface area contributed by atoms with E-state index in [0.29, 0.717) is 5.56 Å². The van der Waals surface area contributed by atoms with Crippen LogP contribution in [0.4, 0.5) is 5.69 Å². The van der Waals surface area contributed by atoms with Gasteiger partial charge in [-0.15, -0.1) is 0 Å². The Labute approximate surface area is 128 Å². The van der Waals surface area contributed by atoms with Gasteiger partial charge in [0.2, 0.25) is 5.91 Å². The molecule has 0 saturated heterocycles. The van der Waals surface area contributed by atoms with Gasteiger partial charge in [-0.25, -0.2) is 0 Å². The van der Waals surface area contributed by atoms with Gasteiger partial charge in [-0.1, -0.05) is 11.8 Å². The van der Waals surface area contributed by atoms with E-state index in [-0.39, 0.29) is 5.91 Å². The van der Waals surface area contributed by atoms with Gasteiger partial charge in [-0.3, -0.25) is 9.78 Å². The SMILES string of the molecule is CC(=O)Nc1ccc(Sc2cc(C)nc(C)c2C#N)cc1. The zero-order chi connectivity index (χ0) is 15.4. The van der Waals surface area contributed by atoms with E-state index in [9.17, 15) is 10.1 Å². The van der Waals surface area contributed by atoms with Gasteiger partial charge in [0.1, 0.15) is 6.07 Å². The summed E-state index contributed by atoms with van der Waals surface area (Å²) in [5.41, 5.74) is 3.00. The van der Waals surface area contributed by atoms with Crippen LogP contribution in [0.25, 0.3) is 0 Å². The minimum Gasteiger partial charge on any atom is -0.326 e. The van der Waals surface area contributed by atoms with Crippen LogP contribution in [-0.2, 0) is 4.79 Å². The maximum absolute atomic E-state index is 11.0. The predicted molar refractivity (Wildman–Crippen MR) is 83.3 cm³/mol. The normalized spacial score (nSPS) is 10.0. The number of carbonyl (C=O) groups excluding carboxylic acids is 1. The van der Waals surface area contributed by atoms with Crippen LogP contribution < -0.4 is 5.32 Å². The lowest BCUT2D eigenvalue weighted by atomic mass is 10.2. The summed E-state index contributed by atoms with van der Waals surface area (Å²) < 4.78 is 0. The van der Waals surface area contributed by atoms with E-state index in [1.54, 1.807) is 0 Å². The van der Waals surface area contributed by atoms with Crippen molar-refractivity contribution in [1.29, 1.82) is 5.26 Å². The summed E-state index contributed by atoms with van der Waals surface area (Å²) in [5.74, 6) is -0.0949. The van der Waals surface area contributed by atoms with Crippen LogP contribution >= 0.6 is 11.8 Å². The first-order chi connectivity index (χ1) is 9.99. The number of hydrogen-bond acceptors (Lipinski definition) is 4. The molecule has 0 aliphatic carbocycles. The Balaban J connectivity index is 2.26. The first kappa shape index (κ1) is 15.1. The van der Waals surface area contributed by atoms with Crippen molar-refractivity contribution in [3.8, 4) is 6.07 Å². The fourth-order valence-corrected chi connectivity index (χ4v) is 3.00. The van der Waals surface area contributed by atoms with Crippen molar-refractivity contribution in [3.63, 3.8) is 0 Å². The lowest BCUT2D eigenvalue weighted by Crippen LogP contribution is -2.05. The number of aryl methyl sites for hydroxylation is 2. The fourth-order valence-electron chi connectivity index (χ4n) is 1.95. The molecule has 0 aliphatic rings. The van der Waals surface area contributed by atoms with Crippen molar-refractivity contribution in [3.05, 3.63) is 47.3 Å². The Morgan fingerprint density at radius 3 is 2.52 bits per heavy atom. The number of nitrogens with zero attached hydrogens (tertiary/aromatic N) is 2. The third-order valence-electron chi connectivity index (χ3n) is 2.81. The third-order valence-corrected chi connectivity index (χ3v) is 3.86. The molecule has 1 aromatic carbocycles. The Morgan fingerprint density at radius 2 is 1.95 bits per heavy atom. The molecule has 1 heterocycles. The van der Waals surface area contributed by atoms with Crippen molar-refractivity contribution in [2.75, 3.05) is 5.32 Å². The highest BCUT2D eigenvalue weighted by Gasteiger charge is 2.09. The highest BCUT2D eigenvalue weighted by Crippen LogP contribution is 2.32. The molecule has 106 valence electrons. The highest BCUT2D eigenvalue weighted by molar-refractivity contribution is 7.99. The van der Waals surface area contributed by atoms with Gasteiger partial charge in [0.15, 0.2) is 0 Å². The van der Waals surface area contributed by atoms with Gasteiger partial charge in [-0.2, -0.15) is 5.26 Å². The van der Waals surface area contributed by atoms with Crippen molar-refractivity contribution in [2.24, 2.45) is 0 Å². The topological polar surface area (TPSA) is 65.8 Å². The van der Waals surface area contributed by atoms with Gasteiger partial charge in [-0.05, 0) is 44.2 Å². The van der Waals surface area contributed by atoms with Crippen LogP contribution in [-0.4, -0.2) is 10.9 Å². The predicted octanol–water partition coefficient (Wildman–Crippen LogP) is 3.68. The van der Waals surface area contributed by atoms with Crippen LogP contribution in [0.15, 0.2) is 40.1 Å². The average Bonchev–Trinajstić information content (AvgIpc) is 2.40. The number of nitrogens with one attached hydrogen (secondary N) is 1. The molecule has 2 aromatic rings. The van der Waals surface area contributed by atoms with E-state index in [1.807, 2.05) is 44.2 Å². The first-order valence-corrected chi connectivity index (χ1v) is 7.25. The minimum absolute atomic E-state index is 0.0949. The number of rotatable bonds is 3. The van der Waals surface area contributed by atoms with E-state index < -0.39 is 0 Å². The monoisotopic (exact) mass is 297 g/mol. The van der Waals surface area contributed by atoms with Crippen LogP contribution in [0.5, 0.6) is 0 Å². The number of aromatic nitrogens is 1. The molecule has 1 N–H and O–H groups in total. The number of amides is 1. The molecular weight excluding hydrogens is 282 g/mol. The lowest BCUT2D eigenvalue weighted by molar-refractivity contribution is -0.114. The molecule has 5 heteroatoms. The average molecular weight is 297 g/mol. The Kier molecular flexibility index (Phi) is 4.61. The summed E-state index contributed by atoms with van der Waals surface area (Å²) in [6, 6.07) is 11.6. The van der Waals surface area contributed by atoms with Crippen LogP contribution in [0.1, 0.15) is 23.9 Å². The molecule has 0 fully saturated rings. The third kappa shape index (κ3) is 3.83. The van der Waals surface area contributed by atoms with E-state index in [2.05, 4.69) is 16.4 Å². The van der Waals surface area contributed by atoms with Crippen molar-refractivity contribution in [1.82, 2.24) is 4.98 Å². The van der Waals surface area contributed by atoms with E-state index >= 15 is 0 Å². The second kappa shape index (κ2) is 6.42. The molecule has 0 aliphatic heterocycles. The zero-order valence-electron chi connectivity index (χ0n) is 12.1. The van der Waals surface area contributed by atoms with E-state index in [1.165, 1.54) is 18.7 Å². The molecule has 1 aromatic heterocycles. The smallest absolute Gasteiger partial charge is 0.221 e. The molecule has 21 heavy (non-hydrogen) atoms. The fraction of sp³-hybridized carbons (Fsp3) is 0.188. The molecule has 0 unspecified atom stereocenters. The van der Waals surface area contributed by atoms with Crippen molar-refractivity contribution < 1.29 is 4.79 Å². The maximum Gasteiger partial charge on any atom is 0.221 e. The zero-order valence-corrected chi connectivity index (χ0v) is 12.9.